The number of rotatable bonds is 6. The van der Waals surface area contributed by atoms with Gasteiger partial charge >= 0.3 is 0 Å². The van der Waals surface area contributed by atoms with E-state index in [1.807, 2.05) is 23.1 Å². The fourth-order valence-electron chi connectivity index (χ4n) is 5.12. The highest BCUT2D eigenvalue weighted by atomic mass is 16.2. The van der Waals surface area contributed by atoms with E-state index in [-0.39, 0.29) is 23.9 Å². The van der Waals surface area contributed by atoms with Crippen molar-refractivity contribution in [2.45, 2.75) is 71.0 Å². The summed E-state index contributed by atoms with van der Waals surface area (Å²) in [5.41, 5.74) is 3.46. The van der Waals surface area contributed by atoms with Crippen LogP contribution in [0.25, 0.3) is 11.1 Å². The van der Waals surface area contributed by atoms with Crippen LogP contribution in [0.5, 0.6) is 0 Å². The smallest absolute Gasteiger partial charge is 0.223 e. The minimum absolute atomic E-state index is 0.00220. The van der Waals surface area contributed by atoms with Gasteiger partial charge in [-0.2, -0.15) is 0 Å². The topological polar surface area (TPSA) is 49.4 Å². The molecule has 1 saturated carbocycles. The number of nitrogens with one attached hydrogen (secondary N) is 1. The molecule has 4 atom stereocenters. The third kappa shape index (κ3) is 5.17. The van der Waals surface area contributed by atoms with Gasteiger partial charge in [-0.15, -0.1) is 0 Å². The van der Waals surface area contributed by atoms with Crippen LogP contribution in [0, 0.1) is 11.8 Å². The summed E-state index contributed by atoms with van der Waals surface area (Å²) in [6.07, 6.45) is 5.22. The van der Waals surface area contributed by atoms with Gasteiger partial charge in [-0.25, -0.2) is 0 Å². The van der Waals surface area contributed by atoms with Crippen LogP contribution >= 0.6 is 0 Å². The second-order valence-electron chi connectivity index (χ2n) is 9.42. The fraction of sp³-hybridized carbons (Fsp3) is 0.481. The molecule has 2 amide bonds. The predicted octanol–water partition coefficient (Wildman–Crippen LogP) is 5.18. The normalized spacial score (nSPS) is 26.1. The van der Waals surface area contributed by atoms with Gasteiger partial charge in [-0.1, -0.05) is 81.3 Å². The van der Waals surface area contributed by atoms with Crippen LogP contribution < -0.4 is 5.32 Å². The quantitative estimate of drug-likeness (QED) is 0.703. The Balaban J connectivity index is 1.36. The summed E-state index contributed by atoms with van der Waals surface area (Å²) < 4.78 is 0. The highest BCUT2D eigenvalue weighted by molar-refractivity contribution is 5.82. The van der Waals surface area contributed by atoms with E-state index in [0.29, 0.717) is 31.2 Å². The van der Waals surface area contributed by atoms with Crippen LogP contribution in [0.4, 0.5) is 0 Å². The first-order chi connectivity index (χ1) is 15.0. The number of likely N-dealkylation sites (tertiary alicyclic amines) is 1. The van der Waals surface area contributed by atoms with Gasteiger partial charge in [0.1, 0.15) is 0 Å². The number of hydrogen-bond donors (Lipinski definition) is 1. The number of nitrogens with zero attached hydrogens (tertiary/aromatic N) is 1. The van der Waals surface area contributed by atoms with Crippen molar-refractivity contribution in [3.63, 3.8) is 0 Å². The van der Waals surface area contributed by atoms with Gasteiger partial charge in [0.2, 0.25) is 11.8 Å². The van der Waals surface area contributed by atoms with Crippen molar-refractivity contribution in [2.24, 2.45) is 11.8 Å². The summed E-state index contributed by atoms with van der Waals surface area (Å²) in [6, 6.07) is 19.0. The van der Waals surface area contributed by atoms with Gasteiger partial charge in [0.15, 0.2) is 0 Å². The lowest BCUT2D eigenvalue weighted by Gasteiger charge is -2.35. The number of benzene rings is 2. The van der Waals surface area contributed by atoms with E-state index >= 15 is 0 Å². The molecule has 1 N–H and O–H groups in total. The average Bonchev–Trinajstić information content (AvgIpc) is 3.11. The first kappa shape index (κ1) is 21.6. The summed E-state index contributed by atoms with van der Waals surface area (Å²) in [4.78, 5) is 27.2. The highest BCUT2D eigenvalue weighted by Gasteiger charge is 2.34. The molecule has 2 fully saturated rings. The maximum atomic E-state index is 12.8. The Hall–Kier alpha value is -2.62. The molecule has 164 valence electrons. The molecule has 1 aliphatic heterocycles. The molecular weight excluding hydrogens is 384 g/mol. The van der Waals surface area contributed by atoms with Gasteiger partial charge in [-0.3, -0.25) is 9.59 Å². The first-order valence-electron chi connectivity index (χ1n) is 11.7. The van der Waals surface area contributed by atoms with Crippen molar-refractivity contribution >= 4 is 11.8 Å². The van der Waals surface area contributed by atoms with E-state index in [9.17, 15) is 9.59 Å². The van der Waals surface area contributed by atoms with Gasteiger partial charge in [0, 0.05) is 31.5 Å². The summed E-state index contributed by atoms with van der Waals surface area (Å²) in [5.74, 6) is 1.42. The molecule has 4 rings (SSSR count). The minimum Gasteiger partial charge on any atom is -0.353 e. The zero-order chi connectivity index (χ0) is 21.8. The molecule has 0 spiro atoms. The number of carbonyl (C=O) groups is 2. The lowest BCUT2D eigenvalue weighted by molar-refractivity contribution is -0.130. The minimum atomic E-state index is -0.00220. The molecule has 1 saturated heterocycles. The maximum Gasteiger partial charge on any atom is 0.223 e. The van der Waals surface area contributed by atoms with E-state index in [1.54, 1.807) is 0 Å². The molecule has 1 aliphatic carbocycles. The Morgan fingerprint density at radius 2 is 1.68 bits per heavy atom. The third-order valence-corrected chi connectivity index (χ3v) is 7.34. The Kier molecular flexibility index (Phi) is 6.74. The van der Waals surface area contributed by atoms with E-state index in [4.69, 9.17) is 0 Å². The molecule has 4 heteroatoms. The summed E-state index contributed by atoms with van der Waals surface area (Å²) >= 11 is 0. The van der Waals surface area contributed by atoms with Gasteiger partial charge in [-0.05, 0) is 41.4 Å². The SMILES string of the molecule is CC1CCCC(NC(=O)CC2CCC(=O)N2Cc2ccc(-c3ccccc3)cc2)C1C. The zero-order valence-corrected chi connectivity index (χ0v) is 18.7. The molecule has 2 aromatic rings. The van der Waals surface area contributed by atoms with Crippen LogP contribution in [0.15, 0.2) is 54.6 Å². The molecule has 0 bridgehead atoms. The second kappa shape index (κ2) is 9.67. The maximum absolute atomic E-state index is 12.8. The standard InChI is InChI=1S/C27H34N2O2/c1-19-7-6-10-25(20(19)2)28-26(30)17-24-15-16-27(31)29(24)18-21-11-13-23(14-12-21)22-8-4-3-5-9-22/h3-5,8-9,11-14,19-20,24-25H,6-7,10,15-18H2,1-2H3,(H,28,30). The van der Waals surface area contributed by atoms with E-state index < -0.39 is 0 Å². The van der Waals surface area contributed by atoms with Crippen molar-refractivity contribution in [2.75, 3.05) is 0 Å². The molecule has 2 aliphatic rings. The number of amides is 2. The molecule has 4 nitrogen and oxygen atoms in total. The van der Waals surface area contributed by atoms with Crippen LogP contribution in [0.2, 0.25) is 0 Å². The molecule has 2 aromatic carbocycles. The molecule has 4 unspecified atom stereocenters. The second-order valence-corrected chi connectivity index (χ2v) is 9.42. The van der Waals surface area contributed by atoms with Crippen LogP contribution in [0.3, 0.4) is 0 Å². The lowest BCUT2D eigenvalue weighted by atomic mass is 9.78. The van der Waals surface area contributed by atoms with Gasteiger partial charge < -0.3 is 10.2 Å². The van der Waals surface area contributed by atoms with Crippen molar-refractivity contribution in [1.29, 1.82) is 0 Å². The Morgan fingerprint density at radius 1 is 0.968 bits per heavy atom. The third-order valence-electron chi connectivity index (χ3n) is 7.34. The van der Waals surface area contributed by atoms with E-state index in [0.717, 1.165) is 18.4 Å². The average molecular weight is 419 g/mol. The van der Waals surface area contributed by atoms with Crippen molar-refractivity contribution in [3.05, 3.63) is 60.2 Å². The highest BCUT2D eigenvalue weighted by Crippen LogP contribution is 2.30. The molecule has 31 heavy (non-hydrogen) atoms. The van der Waals surface area contributed by atoms with Gasteiger partial charge in [0.25, 0.3) is 0 Å². The zero-order valence-electron chi connectivity index (χ0n) is 18.7. The summed E-state index contributed by atoms with van der Waals surface area (Å²) in [6.45, 7) is 5.10. The number of carbonyl (C=O) groups excluding carboxylic acids is 2. The molecular formula is C27H34N2O2. The molecule has 0 radical (unpaired) electrons. The van der Waals surface area contributed by atoms with Crippen molar-refractivity contribution < 1.29 is 9.59 Å². The predicted molar refractivity (Wildman–Crippen MR) is 124 cm³/mol. The van der Waals surface area contributed by atoms with Crippen LogP contribution in [0.1, 0.15) is 57.9 Å². The molecule has 0 aromatic heterocycles. The van der Waals surface area contributed by atoms with Gasteiger partial charge in [0.05, 0.1) is 0 Å². The Labute approximate surface area is 186 Å². The monoisotopic (exact) mass is 418 g/mol. The summed E-state index contributed by atoms with van der Waals surface area (Å²) in [5, 5.41) is 3.27. The van der Waals surface area contributed by atoms with E-state index in [2.05, 4.69) is 55.6 Å². The fourth-order valence-corrected chi connectivity index (χ4v) is 5.12. The first-order valence-corrected chi connectivity index (χ1v) is 11.7. The number of hydrogen-bond acceptors (Lipinski definition) is 2. The van der Waals surface area contributed by atoms with Crippen LogP contribution in [-0.2, 0) is 16.1 Å². The van der Waals surface area contributed by atoms with Crippen LogP contribution in [-0.4, -0.2) is 28.8 Å². The Morgan fingerprint density at radius 3 is 2.42 bits per heavy atom. The lowest BCUT2D eigenvalue weighted by Crippen LogP contribution is -2.45. The molecule has 1 heterocycles. The summed E-state index contributed by atoms with van der Waals surface area (Å²) in [7, 11) is 0. The van der Waals surface area contributed by atoms with Crippen molar-refractivity contribution in [3.8, 4) is 11.1 Å². The van der Waals surface area contributed by atoms with Crippen molar-refractivity contribution in [1.82, 2.24) is 10.2 Å². The largest absolute Gasteiger partial charge is 0.353 e. The van der Waals surface area contributed by atoms with E-state index in [1.165, 1.54) is 24.0 Å². The Bertz CT molecular complexity index is 893.